The van der Waals surface area contributed by atoms with Crippen molar-refractivity contribution in [3.05, 3.63) is 48.0 Å². The molecule has 1 aromatic carbocycles. The molecule has 0 spiro atoms. The zero-order valence-electron chi connectivity index (χ0n) is 12.5. The number of carbonyl (C=O) groups excluding carboxylic acids is 1. The van der Waals surface area contributed by atoms with E-state index in [2.05, 4.69) is 10.1 Å². The summed E-state index contributed by atoms with van der Waals surface area (Å²) in [7, 11) is 0. The van der Waals surface area contributed by atoms with Crippen molar-refractivity contribution in [2.45, 2.75) is 45.6 Å². The topological polar surface area (TPSA) is 47.8 Å². The van der Waals surface area contributed by atoms with Crippen LogP contribution in [0.25, 0.3) is 0 Å². The van der Waals surface area contributed by atoms with Gasteiger partial charge >= 0.3 is 0 Å². The second kappa shape index (κ2) is 5.57. The molecular weight excluding hydrogens is 250 g/mol. The first kappa shape index (κ1) is 14.4. The Morgan fingerprint density at radius 3 is 2.50 bits per heavy atom. The van der Waals surface area contributed by atoms with Crippen molar-refractivity contribution in [3.63, 3.8) is 0 Å². The molecule has 4 heteroatoms. The minimum Gasteiger partial charge on any atom is -0.298 e. The number of aromatic nitrogens is 3. The fourth-order valence-corrected chi connectivity index (χ4v) is 2.21. The molecule has 1 heterocycles. The number of hydrogen-bond donors (Lipinski definition) is 0. The molecule has 0 fully saturated rings. The van der Waals surface area contributed by atoms with Gasteiger partial charge in [-0.1, -0.05) is 30.3 Å². The van der Waals surface area contributed by atoms with Gasteiger partial charge in [0.1, 0.15) is 17.9 Å². The molecular formula is C16H21N3O. The lowest BCUT2D eigenvalue weighted by Gasteiger charge is -2.23. The molecule has 20 heavy (non-hydrogen) atoms. The average molecular weight is 271 g/mol. The van der Waals surface area contributed by atoms with E-state index in [9.17, 15) is 4.79 Å². The smallest absolute Gasteiger partial charge is 0.150 e. The van der Waals surface area contributed by atoms with Gasteiger partial charge in [0.2, 0.25) is 0 Å². The van der Waals surface area contributed by atoms with Crippen molar-refractivity contribution in [1.82, 2.24) is 14.8 Å². The lowest BCUT2D eigenvalue weighted by molar-refractivity contribution is -0.123. The second-order valence-electron chi connectivity index (χ2n) is 5.81. The predicted molar refractivity (Wildman–Crippen MR) is 78.6 cm³/mol. The first-order valence-corrected chi connectivity index (χ1v) is 6.90. The van der Waals surface area contributed by atoms with E-state index >= 15 is 0 Å². The highest BCUT2D eigenvalue weighted by Gasteiger charge is 2.30. The highest BCUT2D eigenvalue weighted by atomic mass is 16.1. The van der Waals surface area contributed by atoms with E-state index in [1.807, 2.05) is 58.0 Å². The summed E-state index contributed by atoms with van der Waals surface area (Å²) in [6.07, 6.45) is 1.82. The van der Waals surface area contributed by atoms with E-state index < -0.39 is 5.41 Å². The molecule has 2 rings (SSSR count). The molecule has 0 bridgehead atoms. The Labute approximate surface area is 119 Å². The molecule has 1 aromatic heterocycles. The third kappa shape index (κ3) is 2.79. The largest absolute Gasteiger partial charge is 0.298 e. The molecule has 0 unspecified atom stereocenters. The van der Waals surface area contributed by atoms with Crippen LogP contribution in [0.4, 0.5) is 0 Å². The Balaban J connectivity index is 2.22. The fraction of sp³-hybridized carbons (Fsp3) is 0.438. The Hall–Kier alpha value is -1.97. The van der Waals surface area contributed by atoms with Gasteiger partial charge in [-0.15, -0.1) is 0 Å². The standard InChI is InChI=1S/C16H21N3O/c1-12(2)19-15(17-11-18-19)10-14(20)16(3,4)13-8-6-5-7-9-13/h5-9,11-12H,10H2,1-4H3. The maximum atomic E-state index is 12.6. The van der Waals surface area contributed by atoms with Crippen LogP contribution in [0.15, 0.2) is 36.7 Å². The van der Waals surface area contributed by atoms with Gasteiger partial charge < -0.3 is 0 Å². The number of hydrogen-bond acceptors (Lipinski definition) is 3. The SMILES string of the molecule is CC(C)n1ncnc1CC(=O)C(C)(C)c1ccccc1. The number of carbonyl (C=O) groups is 1. The molecule has 0 amide bonds. The van der Waals surface area contributed by atoms with Crippen LogP contribution in [0.1, 0.15) is 45.1 Å². The van der Waals surface area contributed by atoms with E-state index in [-0.39, 0.29) is 11.8 Å². The molecule has 0 atom stereocenters. The van der Waals surface area contributed by atoms with Crippen LogP contribution < -0.4 is 0 Å². The van der Waals surface area contributed by atoms with Crippen LogP contribution in [-0.2, 0) is 16.6 Å². The summed E-state index contributed by atoms with van der Waals surface area (Å²) in [4.78, 5) is 16.8. The fourth-order valence-electron chi connectivity index (χ4n) is 2.21. The lowest BCUT2D eigenvalue weighted by Crippen LogP contribution is -2.31. The summed E-state index contributed by atoms with van der Waals surface area (Å²) in [5, 5.41) is 4.18. The van der Waals surface area contributed by atoms with Gasteiger partial charge in [-0.2, -0.15) is 5.10 Å². The summed E-state index contributed by atoms with van der Waals surface area (Å²) in [5.74, 6) is 0.882. The number of nitrogens with zero attached hydrogens (tertiary/aromatic N) is 3. The van der Waals surface area contributed by atoms with Crippen LogP contribution in [0, 0.1) is 0 Å². The highest BCUT2D eigenvalue weighted by molar-refractivity contribution is 5.90. The molecule has 106 valence electrons. The summed E-state index contributed by atoms with van der Waals surface area (Å²) in [6, 6.07) is 10.1. The zero-order valence-corrected chi connectivity index (χ0v) is 12.5. The summed E-state index contributed by atoms with van der Waals surface area (Å²) >= 11 is 0. The Kier molecular flexibility index (Phi) is 4.02. The Bertz CT molecular complexity index is 585. The van der Waals surface area contributed by atoms with Gasteiger partial charge in [-0.05, 0) is 33.3 Å². The molecule has 0 aliphatic rings. The van der Waals surface area contributed by atoms with Crippen molar-refractivity contribution in [2.24, 2.45) is 0 Å². The number of ketones is 1. The first-order valence-electron chi connectivity index (χ1n) is 6.90. The van der Waals surface area contributed by atoms with Gasteiger partial charge in [0.05, 0.1) is 6.42 Å². The van der Waals surface area contributed by atoms with Crippen molar-refractivity contribution >= 4 is 5.78 Å². The minimum atomic E-state index is -0.519. The Morgan fingerprint density at radius 2 is 1.90 bits per heavy atom. The molecule has 0 radical (unpaired) electrons. The molecule has 0 aliphatic heterocycles. The van der Waals surface area contributed by atoms with Gasteiger partial charge in [-0.25, -0.2) is 9.67 Å². The van der Waals surface area contributed by atoms with Crippen LogP contribution in [-0.4, -0.2) is 20.5 Å². The molecule has 0 saturated carbocycles. The van der Waals surface area contributed by atoms with E-state index in [4.69, 9.17) is 0 Å². The third-order valence-corrected chi connectivity index (χ3v) is 3.65. The summed E-state index contributed by atoms with van der Waals surface area (Å²) in [6.45, 7) is 7.98. The summed E-state index contributed by atoms with van der Waals surface area (Å²) in [5.41, 5.74) is 0.510. The van der Waals surface area contributed by atoms with E-state index in [0.29, 0.717) is 6.42 Å². The highest BCUT2D eigenvalue weighted by Crippen LogP contribution is 2.25. The quantitative estimate of drug-likeness (QED) is 0.840. The minimum absolute atomic E-state index is 0.151. The van der Waals surface area contributed by atoms with Gasteiger partial charge in [0.15, 0.2) is 0 Å². The van der Waals surface area contributed by atoms with Crippen LogP contribution in [0.2, 0.25) is 0 Å². The average Bonchev–Trinajstić information content (AvgIpc) is 2.88. The molecule has 2 aromatic rings. The molecule has 0 saturated heterocycles. The Morgan fingerprint density at radius 1 is 1.25 bits per heavy atom. The van der Waals surface area contributed by atoms with E-state index in [1.54, 1.807) is 4.68 Å². The van der Waals surface area contributed by atoms with Crippen molar-refractivity contribution in [3.8, 4) is 0 Å². The van der Waals surface area contributed by atoms with Crippen molar-refractivity contribution < 1.29 is 4.79 Å². The van der Waals surface area contributed by atoms with Crippen LogP contribution in [0.3, 0.4) is 0 Å². The van der Waals surface area contributed by atoms with E-state index in [1.165, 1.54) is 6.33 Å². The number of rotatable bonds is 5. The molecule has 4 nitrogen and oxygen atoms in total. The lowest BCUT2D eigenvalue weighted by atomic mass is 9.79. The molecule has 0 aliphatic carbocycles. The zero-order chi connectivity index (χ0) is 14.8. The van der Waals surface area contributed by atoms with Crippen molar-refractivity contribution in [1.29, 1.82) is 0 Å². The van der Waals surface area contributed by atoms with Crippen molar-refractivity contribution in [2.75, 3.05) is 0 Å². The van der Waals surface area contributed by atoms with Gasteiger partial charge in [0.25, 0.3) is 0 Å². The maximum Gasteiger partial charge on any atom is 0.150 e. The number of Topliss-reactive ketones (excluding diaryl/α,β-unsaturated/α-hetero) is 1. The predicted octanol–water partition coefficient (Wildman–Crippen LogP) is 2.95. The summed E-state index contributed by atoms with van der Waals surface area (Å²) < 4.78 is 1.80. The normalized spacial score (nSPS) is 11.8. The number of benzene rings is 1. The second-order valence-corrected chi connectivity index (χ2v) is 5.81. The third-order valence-electron chi connectivity index (χ3n) is 3.65. The molecule has 0 N–H and O–H groups in total. The maximum absolute atomic E-state index is 12.6. The van der Waals surface area contributed by atoms with Crippen LogP contribution >= 0.6 is 0 Å². The van der Waals surface area contributed by atoms with Gasteiger partial charge in [-0.3, -0.25) is 4.79 Å². The monoisotopic (exact) mass is 271 g/mol. The van der Waals surface area contributed by atoms with Crippen LogP contribution in [0.5, 0.6) is 0 Å². The first-order chi connectivity index (χ1) is 9.43. The van der Waals surface area contributed by atoms with E-state index in [0.717, 1.165) is 11.4 Å². The van der Waals surface area contributed by atoms with Gasteiger partial charge in [0, 0.05) is 11.5 Å².